The summed E-state index contributed by atoms with van der Waals surface area (Å²) >= 11 is 0. The van der Waals surface area contributed by atoms with Crippen LogP contribution >= 0.6 is 0 Å². The maximum absolute atomic E-state index is 12.4. The number of aryl methyl sites for hydroxylation is 1. The van der Waals surface area contributed by atoms with Crippen molar-refractivity contribution in [3.63, 3.8) is 0 Å². The van der Waals surface area contributed by atoms with Gasteiger partial charge in [0, 0.05) is 31.9 Å². The molecule has 0 spiro atoms. The zero-order valence-corrected chi connectivity index (χ0v) is 15.4. The summed E-state index contributed by atoms with van der Waals surface area (Å²) < 4.78 is 1.96. The Hall–Kier alpha value is -2.77. The lowest BCUT2D eigenvalue weighted by molar-refractivity contribution is -0.134. The van der Waals surface area contributed by atoms with Crippen LogP contribution in [0.25, 0.3) is 0 Å². The fourth-order valence-electron chi connectivity index (χ4n) is 3.07. The van der Waals surface area contributed by atoms with Crippen LogP contribution in [-0.2, 0) is 17.9 Å². The lowest BCUT2D eigenvalue weighted by Gasteiger charge is -2.33. The van der Waals surface area contributed by atoms with Crippen molar-refractivity contribution in [1.29, 1.82) is 0 Å². The zero-order chi connectivity index (χ0) is 18.7. The standard InChI is InChI=1S/C18H24N6O2/c1-4-5-16(25)24-7-6-23-11-15(22-17(23)13(24)3)18(26)21-10-14-9-19-12(2)8-20-14/h8-9,11,13H,4-7,10H2,1-3H3,(H,21,26)/t13-/m0/s1. The summed E-state index contributed by atoms with van der Waals surface area (Å²) in [5.74, 6) is 0.632. The maximum Gasteiger partial charge on any atom is 0.271 e. The van der Waals surface area contributed by atoms with Gasteiger partial charge in [-0.3, -0.25) is 19.6 Å². The van der Waals surface area contributed by atoms with Gasteiger partial charge in [-0.15, -0.1) is 0 Å². The van der Waals surface area contributed by atoms with E-state index in [1.807, 2.05) is 30.2 Å². The van der Waals surface area contributed by atoms with Gasteiger partial charge in [-0.25, -0.2) is 4.98 Å². The lowest BCUT2D eigenvalue weighted by atomic mass is 10.2. The number of nitrogens with one attached hydrogen (secondary N) is 1. The average molecular weight is 356 g/mol. The normalized spacial score (nSPS) is 16.3. The predicted molar refractivity (Wildman–Crippen MR) is 95.2 cm³/mol. The number of imidazole rings is 1. The van der Waals surface area contributed by atoms with Crippen molar-refractivity contribution in [3.8, 4) is 0 Å². The Morgan fingerprint density at radius 2 is 2.08 bits per heavy atom. The third-order valence-corrected chi connectivity index (χ3v) is 4.51. The molecule has 0 unspecified atom stereocenters. The predicted octanol–water partition coefficient (Wildman–Crippen LogP) is 1.61. The molecule has 1 aliphatic heterocycles. The van der Waals surface area contributed by atoms with E-state index in [9.17, 15) is 9.59 Å². The minimum atomic E-state index is -0.257. The third kappa shape index (κ3) is 3.74. The molecule has 0 aliphatic carbocycles. The Balaban J connectivity index is 1.67. The van der Waals surface area contributed by atoms with Crippen molar-refractivity contribution in [2.45, 2.75) is 52.7 Å². The highest BCUT2D eigenvalue weighted by atomic mass is 16.2. The number of nitrogens with zero attached hydrogens (tertiary/aromatic N) is 5. The molecular weight excluding hydrogens is 332 g/mol. The summed E-state index contributed by atoms with van der Waals surface area (Å²) in [4.78, 5) is 39.3. The first kappa shape index (κ1) is 18.0. The molecule has 8 heteroatoms. The first-order chi connectivity index (χ1) is 12.5. The summed E-state index contributed by atoms with van der Waals surface area (Å²) in [6, 6.07) is -0.132. The Morgan fingerprint density at radius 1 is 1.27 bits per heavy atom. The van der Waals surface area contributed by atoms with Gasteiger partial charge in [-0.1, -0.05) is 6.92 Å². The fraction of sp³-hybridized carbons (Fsp3) is 0.500. The summed E-state index contributed by atoms with van der Waals surface area (Å²) in [5, 5.41) is 2.82. The third-order valence-electron chi connectivity index (χ3n) is 4.51. The SMILES string of the molecule is CCCC(=O)N1CCn2cc(C(=O)NCc3cnc(C)cn3)nc2[C@@H]1C. The molecule has 0 saturated carbocycles. The number of amides is 2. The molecule has 0 aromatic carbocycles. The van der Waals surface area contributed by atoms with Gasteiger partial charge in [0.1, 0.15) is 11.5 Å². The first-order valence-electron chi connectivity index (χ1n) is 8.91. The minimum Gasteiger partial charge on any atom is -0.345 e. The topological polar surface area (TPSA) is 93.0 Å². The van der Waals surface area contributed by atoms with E-state index in [2.05, 4.69) is 20.3 Å². The number of aromatic nitrogens is 4. The van der Waals surface area contributed by atoms with Crippen molar-refractivity contribution in [2.24, 2.45) is 0 Å². The highest BCUT2D eigenvalue weighted by Crippen LogP contribution is 2.25. The Labute approximate surface area is 152 Å². The van der Waals surface area contributed by atoms with Crippen LogP contribution in [0.15, 0.2) is 18.6 Å². The number of rotatable bonds is 5. The second-order valence-electron chi connectivity index (χ2n) is 6.52. The molecule has 3 heterocycles. The quantitative estimate of drug-likeness (QED) is 0.879. The number of carbonyl (C=O) groups excluding carboxylic acids is 2. The largest absolute Gasteiger partial charge is 0.345 e. The number of carbonyl (C=O) groups is 2. The molecule has 2 aromatic rings. The fourth-order valence-corrected chi connectivity index (χ4v) is 3.07. The van der Waals surface area contributed by atoms with Crippen LogP contribution in [0.5, 0.6) is 0 Å². The van der Waals surface area contributed by atoms with E-state index >= 15 is 0 Å². The molecule has 0 bridgehead atoms. The van der Waals surface area contributed by atoms with Gasteiger partial charge in [0.25, 0.3) is 5.91 Å². The van der Waals surface area contributed by atoms with E-state index < -0.39 is 0 Å². The monoisotopic (exact) mass is 356 g/mol. The molecule has 8 nitrogen and oxygen atoms in total. The van der Waals surface area contributed by atoms with E-state index in [0.717, 1.165) is 17.9 Å². The van der Waals surface area contributed by atoms with Gasteiger partial charge in [0.15, 0.2) is 0 Å². The van der Waals surface area contributed by atoms with Crippen LogP contribution in [0.3, 0.4) is 0 Å². The zero-order valence-electron chi connectivity index (χ0n) is 15.4. The van der Waals surface area contributed by atoms with Gasteiger partial charge in [-0.05, 0) is 20.3 Å². The van der Waals surface area contributed by atoms with Gasteiger partial charge in [0.2, 0.25) is 5.91 Å². The van der Waals surface area contributed by atoms with Crippen LogP contribution < -0.4 is 5.32 Å². The molecule has 0 fully saturated rings. The van der Waals surface area contributed by atoms with E-state index in [0.29, 0.717) is 37.4 Å². The Bertz CT molecular complexity index is 799. The summed E-state index contributed by atoms with van der Waals surface area (Å²) in [7, 11) is 0. The summed E-state index contributed by atoms with van der Waals surface area (Å²) in [5.41, 5.74) is 1.88. The lowest BCUT2D eigenvalue weighted by Crippen LogP contribution is -2.40. The van der Waals surface area contributed by atoms with Gasteiger partial charge >= 0.3 is 0 Å². The molecule has 2 amide bonds. The van der Waals surface area contributed by atoms with E-state index in [1.54, 1.807) is 18.6 Å². The van der Waals surface area contributed by atoms with Gasteiger partial charge in [0.05, 0.1) is 30.2 Å². The van der Waals surface area contributed by atoms with Crippen molar-refractivity contribution >= 4 is 11.8 Å². The highest BCUT2D eigenvalue weighted by molar-refractivity contribution is 5.92. The molecule has 0 radical (unpaired) electrons. The molecule has 3 rings (SSSR count). The molecule has 1 N–H and O–H groups in total. The van der Waals surface area contributed by atoms with Crippen molar-refractivity contribution in [2.75, 3.05) is 6.54 Å². The average Bonchev–Trinajstić information content (AvgIpc) is 3.07. The smallest absolute Gasteiger partial charge is 0.271 e. The van der Waals surface area contributed by atoms with Crippen molar-refractivity contribution in [1.82, 2.24) is 29.7 Å². The second-order valence-corrected chi connectivity index (χ2v) is 6.52. The molecule has 138 valence electrons. The van der Waals surface area contributed by atoms with E-state index in [4.69, 9.17) is 0 Å². The summed E-state index contributed by atoms with van der Waals surface area (Å²) in [6.45, 7) is 7.40. The summed E-state index contributed by atoms with van der Waals surface area (Å²) in [6.07, 6.45) is 6.43. The first-order valence-corrected chi connectivity index (χ1v) is 8.91. The number of fused-ring (bicyclic) bond motifs is 1. The maximum atomic E-state index is 12.4. The highest BCUT2D eigenvalue weighted by Gasteiger charge is 2.30. The van der Waals surface area contributed by atoms with Crippen LogP contribution in [0.2, 0.25) is 0 Å². The van der Waals surface area contributed by atoms with Crippen LogP contribution in [0, 0.1) is 6.92 Å². The Morgan fingerprint density at radius 3 is 2.77 bits per heavy atom. The minimum absolute atomic E-state index is 0.132. The van der Waals surface area contributed by atoms with Gasteiger partial charge < -0.3 is 14.8 Å². The van der Waals surface area contributed by atoms with E-state index in [1.165, 1.54) is 0 Å². The molecule has 0 saturated heterocycles. The van der Waals surface area contributed by atoms with Crippen molar-refractivity contribution < 1.29 is 9.59 Å². The molecule has 1 aliphatic rings. The molecular formula is C18H24N6O2. The number of hydrogen-bond donors (Lipinski definition) is 1. The van der Waals surface area contributed by atoms with Crippen LogP contribution in [0.1, 0.15) is 60.4 Å². The van der Waals surface area contributed by atoms with Gasteiger partial charge in [-0.2, -0.15) is 0 Å². The number of hydrogen-bond acceptors (Lipinski definition) is 5. The van der Waals surface area contributed by atoms with Crippen molar-refractivity contribution in [3.05, 3.63) is 41.5 Å². The Kier molecular flexibility index (Phi) is 5.29. The van der Waals surface area contributed by atoms with E-state index in [-0.39, 0.29) is 17.9 Å². The van der Waals surface area contributed by atoms with Crippen LogP contribution in [-0.4, -0.2) is 42.8 Å². The molecule has 26 heavy (non-hydrogen) atoms. The van der Waals surface area contributed by atoms with Crippen LogP contribution in [0.4, 0.5) is 0 Å². The second kappa shape index (κ2) is 7.63. The molecule has 2 aromatic heterocycles. The molecule has 1 atom stereocenters.